The van der Waals surface area contributed by atoms with Crippen LogP contribution in [0.15, 0.2) is 11.6 Å². The Morgan fingerprint density at radius 1 is 1.09 bits per heavy atom. The highest BCUT2D eigenvalue weighted by atomic mass is 16.7. The molecule has 0 aromatic carbocycles. The fraction of sp³-hybridized carbons (Fsp3) is 0.917. The summed E-state index contributed by atoms with van der Waals surface area (Å²) in [5.41, 5.74) is -2.22. The zero-order valence-corrected chi connectivity index (χ0v) is 20.9. The van der Waals surface area contributed by atoms with Crippen LogP contribution in [-0.2, 0) is 18.9 Å². The maximum absolute atomic E-state index is 11.4. The van der Waals surface area contributed by atoms with Crippen LogP contribution < -0.4 is 0 Å². The van der Waals surface area contributed by atoms with Gasteiger partial charge >= 0.3 is 0 Å². The van der Waals surface area contributed by atoms with Crippen molar-refractivity contribution in [2.24, 2.45) is 5.41 Å². The Hall–Kier alpha value is -0.700. The lowest BCUT2D eigenvalue weighted by Gasteiger charge is -2.47. The second-order valence-electron chi connectivity index (χ2n) is 10.9. The van der Waals surface area contributed by atoms with Gasteiger partial charge in [0, 0.05) is 0 Å². The number of ether oxygens (including phenoxy) is 4. The van der Waals surface area contributed by atoms with E-state index in [9.17, 15) is 35.7 Å². The van der Waals surface area contributed by atoms with Crippen LogP contribution in [0.2, 0.25) is 0 Å². The molecule has 3 rings (SSSR count). The minimum absolute atomic E-state index is 0.301. The number of allylic oxidation sites excluding steroid dienone is 1. The molecular formula is C24H42O11. The number of hydrogen-bond acceptors (Lipinski definition) is 11. The van der Waals surface area contributed by atoms with Gasteiger partial charge in [0.25, 0.3) is 0 Å². The zero-order valence-electron chi connectivity index (χ0n) is 20.9. The maximum Gasteiger partial charge on any atom is 0.186 e. The van der Waals surface area contributed by atoms with Crippen LogP contribution >= 0.6 is 0 Å². The zero-order chi connectivity index (χ0) is 26.2. The van der Waals surface area contributed by atoms with Gasteiger partial charge in [-0.25, -0.2) is 0 Å². The lowest BCUT2D eigenvalue weighted by molar-refractivity contribution is -0.318. The van der Waals surface area contributed by atoms with Crippen molar-refractivity contribution < 1.29 is 54.7 Å². The molecule has 2 aliphatic heterocycles. The van der Waals surface area contributed by atoms with Gasteiger partial charge < -0.3 is 54.7 Å². The third-order valence-corrected chi connectivity index (χ3v) is 7.94. The topological polar surface area (TPSA) is 179 Å². The minimum Gasteiger partial charge on any atom is -0.393 e. The fourth-order valence-electron chi connectivity index (χ4n) is 5.09. The van der Waals surface area contributed by atoms with Crippen molar-refractivity contribution in [3.05, 3.63) is 11.6 Å². The fourth-order valence-corrected chi connectivity index (χ4v) is 5.09. The molecule has 0 aromatic rings. The van der Waals surface area contributed by atoms with Gasteiger partial charge in [0.1, 0.15) is 36.1 Å². The van der Waals surface area contributed by atoms with E-state index >= 15 is 0 Å². The molecular weight excluding hydrogens is 464 g/mol. The van der Waals surface area contributed by atoms with Crippen LogP contribution in [0.3, 0.4) is 0 Å². The maximum atomic E-state index is 11.4. The lowest BCUT2D eigenvalue weighted by atomic mass is 9.63. The lowest BCUT2D eigenvalue weighted by Crippen LogP contribution is -2.60. The average Bonchev–Trinajstić information content (AvgIpc) is 3.10. The third-order valence-electron chi connectivity index (χ3n) is 7.94. The van der Waals surface area contributed by atoms with Gasteiger partial charge in [-0.2, -0.15) is 0 Å². The van der Waals surface area contributed by atoms with Crippen LogP contribution in [-0.4, -0.2) is 116 Å². The van der Waals surface area contributed by atoms with Crippen LogP contribution in [0.25, 0.3) is 0 Å². The molecule has 0 amide bonds. The first kappa shape index (κ1) is 28.9. The number of aliphatic hydroxyl groups excluding tert-OH is 5. The number of hydrogen-bond donors (Lipinski definition) is 7. The predicted molar refractivity (Wildman–Crippen MR) is 122 cm³/mol. The van der Waals surface area contributed by atoms with Crippen molar-refractivity contribution in [2.75, 3.05) is 19.8 Å². The molecule has 2 fully saturated rings. The number of aliphatic hydroxyl groups is 7. The van der Waals surface area contributed by atoms with Crippen molar-refractivity contribution in [3.63, 3.8) is 0 Å². The summed E-state index contributed by atoms with van der Waals surface area (Å²) >= 11 is 0. The van der Waals surface area contributed by atoms with Gasteiger partial charge in [0.05, 0.1) is 31.5 Å². The monoisotopic (exact) mass is 506 g/mol. The van der Waals surface area contributed by atoms with E-state index < -0.39 is 67.0 Å². The normalized spacial score (nSPS) is 44.8. The highest BCUT2D eigenvalue weighted by Crippen LogP contribution is 2.47. The molecule has 10 atom stereocenters. The summed E-state index contributed by atoms with van der Waals surface area (Å²) in [7, 11) is 0. The molecule has 1 unspecified atom stereocenters. The van der Waals surface area contributed by atoms with Crippen LogP contribution in [0.4, 0.5) is 0 Å². The second kappa shape index (κ2) is 11.0. The molecule has 2 heterocycles. The second-order valence-corrected chi connectivity index (χ2v) is 10.9. The molecule has 0 bridgehead atoms. The van der Waals surface area contributed by atoms with Gasteiger partial charge in [-0.1, -0.05) is 19.9 Å². The van der Waals surface area contributed by atoms with E-state index in [4.69, 9.17) is 18.9 Å². The molecule has 7 N–H and O–H groups in total. The van der Waals surface area contributed by atoms with E-state index in [2.05, 4.69) is 6.08 Å². The average molecular weight is 507 g/mol. The molecule has 3 aliphatic rings. The minimum atomic E-state index is -1.86. The highest BCUT2D eigenvalue weighted by molar-refractivity contribution is 5.22. The molecule has 0 aromatic heterocycles. The molecule has 204 valence electrons. The molecule has 11 heteroatoms. The van der Waals surface area contributed by atoms with E-state index in [0.29, 0.717) is 12.8 Å². The van der Waals surface area contributed by atoms with E-state index in [0.717, 1.165) is 18.4 Å². The first-order valence-corrected chi connectivity index (χ1v) is 12.2. The van der Waals surface area contributed by atoms with Gasteiger partial charge in [0.2, 0.25) is 0 Å². The Kier molecular flexibility index (Phi) is 9.04. The smallest absolute Gasteiger partial charge is 0.186 e. The standard InChI is InChI=1S/C24H42O11/c1-13-6-5-8-22(3,4)24(13,31)9-7-14(2)34-20-18(28)17(27)16(26)15(35-20)10-32-21-19(29)23(30,11-25)12-33-21/h6,14-21,25-31H,5,7-12H2,1-4H3/t14?,15-,16-,17+,18-,19-,20+,21+,23+,24+/m0/s1. The van der Waals surface area contributed by atoms with Gasteiger partial charge in [0.15, 0.2) is 12.6 Å². The Morgan fingerprint density at radius 2 is 1.77 bits per heavy atom. The SMILES string of the molecule is CC1=CCCC(C)(C)[C@@]1(O)CCC(C)O[C@@H]1O[C@@H](CO[C@@H]2OC[C@](O)(CO)[C@H]2O)[C@H](O)[C@@H](O)[C@@H]1O. The summed E-state index contributed by atoms with van der Waals surface area (Å²) < 4.78 is 22.1. The Balaban J connectivity index is 1.57. The van der Waals surface area contributed by atoms with E-state index in [1.807, 2.05) is 20.8 Å². The van der Waals surface area contributed by atoms with E-state index in [-0.39, 0.29) is 18.6 Å². The third kappa shape index (κ3) is 5.75. The van der Waals surface area contributed by atoms with Gasteiger partial charge in [-0.15, -0.1) is 0 Å². The Labute approximate surface area is 205 Å². The Morgan fingerprint density at radius 3 is 2.37 bits per heavy atom. The molecule has 1 aliphatic carbocycles. The summed E-state index contributed by atoms with van der Waals surface area (Å²) in [5.74, 6) is 0. The summed E-state index contributed by atoms with van der Waals surface area (Å²) in [6.45, 7) is 6.36. The number of rotatable bonds is 9. The first-order valence-electron chi connectivity index (χ1n) is 12.2. The van der Waals surface area contributed by atoms with Crippen LogP contribution in [0.5, 0.6) is 0 Å². The molecule has 11 nitrogen and oxygen atoms in total. The predicted octanol–water partition coefficient (Wildman–Crippen LogP) is -1.07. The summed E-state index contributed by atoms with van der Waals surface area (Å²) in [4.78, 5) is 0. The van der Waals surface area contributed by atoms with Crippen LogP contribution in [0.1, 0.15) is 53.4 Å². The van der Waals surface area contributed by atoms with Crippen molar-refractivity contribution in [1.29, 1.82) is 0 Å². The molecule has 0 saturated carbocycles. The van der Waals surface area contributed by atoms with Gasteiger partial charge in [-0.3, -0.25) is 0 Å². The Bertz CT molecular complexity index is 745. The van der Waals surface area contributed by atoms with Crippen molar-refractivity contribution >= 4 is 0 Å². The molecule has 0 spiro atoms. The summed E-state index contributed by atoms with van der Waals surface area (Å²) in [6.07, 6.45) is -5.53. The van der Waals surface area contributed by atoms with Crippen LogP contribution in [0, 0.1) is 5.41 Å². The van der Waals surface area contributed by atoms with E-state index in [1.165, 1.54) is 0 Å². The van der Waals surface area contributed by atoms with Crippen molar-refractivity contribution in [1.82, 2.24) is 0 Å². The molecule has 2 saturated heterocycles. The first-order chi connectivity index (χ1) is 16.3. The van der Waals surface area contributed by atoms with E-state index in [1.54, 1.807) is 6.92 Å². The summed E-state index contributed by atoms with van der Waals surface area (Å²) in [5, 5.41) is 71.9. The highest BCUT2D eigenvalue weighted by Gasteiger charge is 2.50. The quantitative estimate of drug-likeness (QED) is 0.189. The summed E-state index contributed by atoms with van der Waals surface area (Å²) in [6, 6.07) is 0. The molecule has 35 heavy (non-hydrogen) atoms. The van der Waals surface area contributed by atoms with Crippen molar-refractivity contribution in [3.8, 4) is 0 Å². The van der Waals surface area contributed by atoms with Gasteiger partial charge in [-0.05, 0) is 50.5 Å². The van der Waals surface area contributed by atoms with Crippen molar-refractivity contribution in [2.45, 2.75) is 114 Å². The molecule has 0 radical (unpaired) electrons. The largest absolute Gasteiger partial charge is 0.393 e.